The minimum atomic E-state index is -0.198. The number of nitrogens with zero attached hydrogens (tertiary/aromatic N) is 5. The van der Waals surface area contributed by atoms with Crippen LogP contribution in [0.25, 0.3) is 10.3 Å². The summed E-state index contributed by atoms with van der Waals surface area (Å²) in [6, 6.07) is 16.8. The third-order valence-electron chi connectivity index (χ3n) is 7.06. The van der Waals surface area contributed by atoms with E-state index in [-0.39, 0.29) is 18.2 Å². The molecule has 5 N–H and O–H groups in total. The van der Waals surface area contributed by atoms with Gasteiger partial charge in [-0.25, -0.2) is 15.0 Å². The lowest BCUT2D eigenvalue weighted by Gasteiger charge is -2.26. The van der Waals surface area contributed by atoms with Crippen molar-refractivity contribution >= 4 is 44.4 Å². The number of aliphatic hydroxyl groups is 1. The molecule has 3 aromatic heterocycles. The lowest BCUT2D eigenvalue weighted by Crippen LogP contribution is -2.29. The molecular weight excluding hydrogens is 484 g/mol. The normalized spacial score (nSPS) is 21.9. The molecule has 0 amide bonds. The average Bonchev–Trinajstić information content (AvgIpc) is 3.51. The molecule has 1 saturated carbocycles. The van der Waals surface area contributed by atoms with Crippen LogP contribution in [0.3, 0.4) is 0 Å². The largest absolute Gasteiger partial charge is 0.393 e. The number of fused-ring (bicyclic) bond motifs is 1. The van der Waals surface area contributed by atoms with Gasteiger partial charge in [0.2, 0.25) is 5.95 Å². The van der Waals surface area contributed by atoms with Crippen molar-refractivity contribution in [2.45, 2.75) is 56.7 Å². The number of benzene rings is 1. The van der Waals surface area contributed by atoms with Gasteiger partial charge in [0, 0.05) is 37.7 Å². The Morgan fingerprint density at radius 3 is 2.59 bits per heavy atom. The number of aromatic nitrogens is 4. The van der Waals surface area contributed by atoms with E-state index in [1.54, 1.807) is 0 Å². The van der Waals surface area contributed by atoms with Crippen LogP contribution < -0.4 is 21.3 Å². The zero-order valence-electron chi connectivity index (χ0n) is 20.7. The van der Waals surface area contributed by atoms with Gasteiger partial charge in [-0.05, 0) is 49.8 Å². The highest BCUT2D eigenvalue weighted by Gasteiger charge is 2.22. The second kappa shape index (κ2) is 10.6. The molecule has 10 heteroatoms. The topological polar surface area (TPSA) is 125 Å². The Kier molecular flexibility index (Phi) is 6.86. The van der Waals surface area contributed by atoms with E-state index in [0.29, 0.717) is 18.2 Å². The average molecular weight is 517 g/mol. The van der Waals surface area contributed by atoms with Gasteiger partial charge in [-0.2, -0.15) is 4.98 Å². The summed E-state index contributed by atoms with van der Waals surface area (Å²) >= 11 is 1.52. The summed E-state index contributed by atoms with van der Waals surface area (Å²) in [4.78, 5) is 22.3. The number of anilines is 4. The van der Waals surface area contributed by atoms with Crippen LogP contribution in [0.2, 0.25) is 0 Å². The van der Waals surface area contributed by atoms with Crippen LogP contribution in [-0.2, 0) is 6.42 Å². The second-order valence-corrected chi connectivity index (χ2v) is 11.0. The van der Waals surface area contributed by atoms with Gasteiger partial charge >= 0.3 is 0 Å². The standard InChI is InChI=1S/C27H32N8OS/c28-18-12-13-35(16-18)24-11-10-22-25(34-24)37-27(31-22)33-23-15-20(14-17-4-2-1-3-5-17)30-26(32-23)29-19-6-8-21(36)9-7-19/h1-5,10-11,15,18-19,21,36H,6-9,12-14,16,28H2,(H2,29,30,31,32,33). The molecule has 0 bridgehead atoms. The first-order valence-electron chi connectivity index (χ1n) is 13.0. The van der Waals surface area contributed by atoms with Gasteiger partial charge in [-0.3, -0.25) is 0 Å². The van der Waals surface area contributed by atoms with Crippen molar-refractivity contribution in [2.75, 3.05) is 28.6 Å². The van der Waals surface area contributed by atoms with E-state index in [1.807, 2.05) is 36.4 Å². The van der Waals surface area contributed by atoms with Gasteiger partial charge in [-0.15, -0.1) is 0 Å². The molecule has 1 aromatic carbocycles. The first kappa shape index (κ1) is 24.0. The van der Waals surface area contributed by atoms with Crippen LogP contribution in [0.4, 0.5) is 22.7 Å². The first-order valence-corrected chi connectivity index (χ1v) is 13.8. The molecule has 1 atom stereocenters. The molecule has 2 fully saturated rings. The Morgan fingerprint density at radius 2 is 1.81 bits per heavy atom. The zero-order chi connectivity index (χ0) is 25.2. The molecule has 4 aromatic rings. The van der Waals surface area contributed by atoms with Crippen molar-refractivity contribution in [3.05, 3.63) is 59.8 Å². The zero-order valence-corrected chi connectivity index (χ0v) is 21.5. The third kappa shape index (κ3) is 5.82. The van der Waals surface area contributed by atoms with Crippen LogP contribution in [0.1, 0.15) is 43.4 Å². The molecule has 1 saturated heterocycles. The van der Waals surface area contributed by atoms with E-state index in [1.165, 1.54) is 16.9 Å². The van der Waals surface area contributed by atoms with Crippen LogP contribution in [0.5, 0.6) is 0 Å². The van der Waals surface area contributed by atoms with E-state index < -0.39 is 0 Å². The second-order valence-electron chi connectivity index (χ2n) is 10.0. The van der Waals surface area contributed by atoms with E-state index in [4.69, 9.17) is 25.7 Å². The number of nitrogens with one attached hydrogen (secondary N) is 2. The molecule has 1 aliphatic heterocycles. The molecular formula is C27H32N8OS. The molecule has 37 heavy (non-hydrogen) atoms. The molecule has 0 spiro atoms. The summed E-state index contributed by atoms with van der Waals surface area (Å²) in [5.74, 6) is 2.25. The summed E-state index contributed by atoms with van der Waals surface area (Å²) in [6.45, 7) is 1.77. The summed E-state index contributed by atoms with van der Waals surface area (Å²) in [5.41, 5.74) is 9.06. The van der Waals surface area contributed by atoms with Crippen LogP contribution >= 0.6 is 11.3 Å². The SMILES string of the molecule is NC1CCN(c2ccc3nc(Nc4cc(Cc5ccccc5)nc(NC5CCC(O)CC5)n4)sc3n2)C1. The Morgan fingerprint density at radius 1 is 0.973 bits per heavy atom. The molecule has 9 nitrogen and oxygen atoms in total. The summed E-state index contributed by atoms with van der Waals surface area (Å²) in [7, 11) is 0. The predicted molar refractivity (Wildman–Crippen MR) is 149 cm³/mol. The van der Waals surface area contributed by atoms with E-state index in [0.717, 1.165) is 72.2 Å². The number of rotatable bonds is 7. The fraction of sp³-hybridized carbons (Fsp3) is 0.407. The maximum absolute atomic E-state index is 9.87. The molecule has 2 aliphatic rings. The highest BCUT2D eigenvalue weighted by molar-refractivity contribution is 7.21. The van der Waals surface area contributed by atoms with Gasteiger partial charge in [0.25, 0.3) is 0 Å². The quantitative estimate of drug-likeness (QED) is 0.288. The van der Waals surface area contributed by atoms with E-state index in [9.17, 15) is 5.11 Å². The minimum Gasteiger partial charge on any atom is -0.393 e. The van der Waals surface area contributed by atoms with Gasteiger partial charge < -0.3 is 26.4 Å². The van der Waals surface area contributed by atoms with Gasteiger partial charge in [-0.1, -0.05) is 41.7 Å². The predicted octanol–water partition coefficient (Wildman–Crippen LogP) is 4.07. The van der Waals surface area contributed by atoms with E-state index in [2.05, 4.69) is 27.7 Å². The number of nitrogens with two attached hydrogens (primary N) is 1. The molecule has 6 rings (SSSR count). The molecule has 4 heterocycles. The Bertz CT molecular complexity index is 1360. The monoisotopic (exact) mass is 516 g/mol. The van der Waals surface area contributed by atoms with Crippen molar-refractivity contribution in [2.24, 2.45) is 5.73 Å². The van der Waals surface area contributed by atoms with Gasteiger partial charge in [0.15, 0.2) is 5.13 Å². The van der Waals surface area contributed by atoms with Crippen molar-refractivity contribution in [1.82, 2.24) is 19.9 Å². The minimum absolute atomic E-state index is 0.198. The van der Waals surface area contributed by atoms with Gasteiger partial charge in [0.05, 0.1) is 11.8 Å². The van der Waals surface area contributed by atoms with Crippen LogP contribution in [-0.4, -0.2) is 56.3 Å². The maximum Gasteiger partial charge on any atom is 0.225 e. The highest BCUT2D eigenvalue weighted by atomic mass is 32.1. The summed E-state index contributed by atoms with van der Waals surface area (Å²) in [6.07, 6.45) is 4.92. The smallest absolute Gasteiger partial charge is 0.225 e. The Balaban J connectivity index is 1.25. The number of aliphatic hydroxyl groups excluding tert-OH is 1. The lowest BCUT2D eigenvalue weighted by molar-refractivity contribution is 0.126. The van der Waals surface area contributed by atoms with Crippen molar-refractivity contribution in [1.29, 1.82) is 0 Å². The fourth-order valence-electron chi connectivity index (χ4n) is 5.07. The van der Waals surface area contributed by atoms with Crippen LogP contribution in [0.15, 0.2) is 48.5 Å². The third-order valence-corrected chi connectivity index (χ3v) is 7.94. The summed E-state index contributed by atoms with van der Waals surface area (Å²) in [5, 5.41) is 17.5. The molecule has 0 radical (unpaired) electrons. The maximum atomic E-state index is 9.87. The lowest BCUT2D eigenvalue weighted by atomic mass is 9.93. The van der Waals surface area contributed by atoms with Crippen molar-refractivity contribution in [3.8, 4) is 0 Å². The number of thiazole rings is 1. The van der Waals surface area contributed by atoms with Crippen LogP contribution in [0, 0.1) is 0 Å². The Hall–Kier alpha value is -3.34. The molecule has 1 unspecified atom stereocenters. The van der Waals surface area contributed by atoms with Crippen molar-refractivity contribution in [3.63, 3.8) is 0 Å². The van der Waals surface area contributed by atoms with Gasteiger partial charge in [0.1, 0.15) is 22.0 Å². The first-order chi connectivity index (χ1) is 18.1. The highest BCUT2D eigenvalue weighted by Crippen LogP contribution is 2.30. The Labute approximate surface area is 220 Å². The number of hydrogen-bond donors (Lipinski definition) is 4. The molecule has 1 aliphatic carbocycles. The summed E-state index contributed by atoms with van der Waals surface area (Å²) < 4.78 is 0. The fourth-order valence-corrected chi connectivity index (χ4v) is 5.91. The molecule has 192 valence electrons. The number of hydrogen-bond acceptors (Lipinski definition) is 10. The van der Waals surface area contributed by atoms with Crippen molar-refractivity contribution < 1.29 is 5.11 Å². The number of pyridine rings is 1. The van der Waals surface area contributed by atoms with E-state index >= 15 is 0 Å².